The van der Waals surface area contributed by atoms with Gasteiger partial charge in [-0.2, -0.15) is 0 Å². The largest absolute Gasteiger partial charge is 0.326 e. The van der Waals surface area contributed by atoms with E-state index >= 15 is 0 Å². The van der Waals surface area contributed by atoms with Gasteiger partial charge in [-0.25, -0.2) is 0 Å². The molecule has 0 bridgehead atoms. The summed E-state index contributed by atoms with van der Waals surface area (Å²) < 4.78 is 1.14. The van der Waals surface area contributed by atoms with E-state index in [1.165, 1.54) is 10.4 Å². The summed E-state index contributed by atoms with van der Waals surface area (Å²) in [5.74, 6) is 0. The number of rotatable bonds is 6. The Balaban J connectivity index is 2.20. The molecule has 2 N–H and O–H groups in total. The minimum atomic E-state index is 0.111. The van der Waals surface area contributed by atoms with Gasteiger partial charge in [0, 0.05) is 22.5 Å². The summed E-state index contributed by atoms with van der Waals surface area (Å²) in [6, 6.07) is 12.6. The third-order valence-electron chi connectivity index (χ3n) is 3.56. The number of thiophene rings is 1. The van der Waals surface area contributed by atoms with Crippen LogP contribution in [0.2, 0.25) is 5.02 Å². The van der Waals surface area contributed by atoms with Crippen molar-refractivity contribution < 1.29 is 0 Å². The predicted octanol–water partition coefficient (Wildman–Crippen LogP) is 5.07. The molecule has 5 heteroatoms. The maximum absolute atomic E-state index is 6.37. The zero-order valence-electron chi connectivity index (χ0n) is 12.2. The van der Waals surface area contributed by atoms with Gasteiger partial charge in [-0.3, -0.25) is 4.90 Å². The fraction of sp³-hybridized carbons (Fsp3) is 0.375. The van der Waals surface area contributed by atoms with Crippen LogP contribution in [0.1, 0.15) is 29.8 Å². The number of nitrogens with zero attached hydrogens (tertiary/aromatic N) is 1. The molecule has 1 heterocycles. The molecule has 114 valence electrons. The van der Waals surface area contributed by atoms with Gasteiger partial charge < -0.3 is 5.73 Å². The van der Waals surface area contributed by atoms with Gasteiger partial charge in [0.05, 0.1) is 9.83 Å². The first-order valence-corrected chi connectivity index (χ1v) is 8.95. The van der Waals surface area contributed by atoms with E-state index in [4.69, 9.17) is 17.3 Å². The average molecular weight is 388 g/mol. The number of hydrogen-bond acceptors (Lipinski definition) is 3. The van der Waals surface area contributed by atoms with Gasteiger partial charge in [0.2, 0.25) is 0 Å². The first-order valence-electron chi connectivity index (χ1n) is 6.96. The lowest BCUT2D eigenvalue weighted by Crippen LogP contribution is -2.38. The highest BCUT2D eigenvalue weighted by atomic mass is 79.9. The van der Waals surface area contributed by atoms with Crippen LogP contribution in [0.3, 0.4) is 0 Å². The monoisotopic (exact) mass is 386 g/mol. The third kappa shape index (κ3) is 4.54. The molecule has 0 spiro atoms. The quantitative estimate of drug-likeness (QED) is 0.749. The molecule has 0 aliphatic heterocycles. The molecule has 1 aromatic carbocycles. The van der Waals surface area contributed by atoms with Crippen LogP contribution in [0.25, 0.3) is 0 Å². The van der Waals surface area contributed by atoms with Crippen LogP contribution in [0.5, 0.6) is 0 Å². The van der Waals surface area contributed by atoms with Gasteiger partial charge in [0.15, 0.2) is 0 Å². The normalized spacial score (nSPS) is 14.4. The van der Waals surface area contributed by atoms with Gasteiger partial charge >= 0.3 is 0 Å². The van der Waals surface area contributed by atoms with Crippen LogP contribution in [0.4, 0.5) is 0 Å². The highest BCUT2D eigenvalue weighted by Crippen LogP contribution is 2.33. The van der Waals surface area contributed by atoms with E-state index in [-0.39, 0.29) is 12.1 Å². The Labute approximate surface area is 144 Å². The second-order valence-corrected chi connectivity index (χ2v) is 8.13. The fourth-order valence-corrected chi connectivity index (χ4v) is 4.37. The van der Waals surface area contributed by atoms with Crippen molar-refractivity contribution in [1.29, 1.82) is 0 Å². The molecule has 0 radical (unpaired) electrons. The number of halogens is 2. The Bertz CT molecular complexity index is 587. The van der Waals surface area contributed by atoms with E-state index in [2.05, 4.69) is 53.0 Å². The lowest BCUT2D eigenvalue weighted by Gasteiger charge is -2.31. The maximum Gasteiger partial charge on any atom is 0.0702 e. The molecule has 0 fully saturated rings. The Morgan fingerprint density at radius 1 is 1.33 bits per heavy atom. The predicted molar refractivity (Wildman–Crippen MR) is 95.9 cm³/mol. The Morgan fingerprint density at radius 3 is 2.67 bits per heavy atom. The average Bonchev–Trinajstić information content (AvgIpc) is 2.85. The van der Waals surface area contributed by atoms with Crippen molar-refractivity contribution in [3.05, 3.63) is 55.6 Å². The van der Waals surface area contributed by atoms with Crippen molar-refractivity contribution in [2.24, 2.45) is 5.73 Å². The van der Waals surface area contributed by atoms with E-state index in [0.29, 0.717) is 0 Å². The van der Waals surface area contributed by atoms with Crippen LogP contribution in [-0.2, 0) is 6.54 Å². The number of benzene rings is 1. The van der Waals surface area contributed by atoms with E-state index in [1.807, 2.05) is 18.2 Å². The van der Waals surface area contributed by atoms with Crippen LogP contribution in [0, 0.1) is 0 Å². The van der Waals surface area contributed by atoms with E-state index in [0.717, 1.165) is 21.8 Å². The van der Waals surface area contributed by atoms with Gasteiger partial charge in [-0.1, -0.05) is 30.7 Å². The summed E-state index contributed by atoms with van der Waals surface area (Å²) in [5.41, 5.74) is 7.57. The Morgan fingerprint density at radius 2 is 2.10 bits per heavy atom. The smallest absolute Gasteiger partial charge is 0.0702 e. The van der Waals surface area contributed by atoms with Crippen molar-refractivity contribution in [3.8, 4) is 0 Å². The van der Waals surface area contributed by atoms with E-state index in [9.17, 15) is 0 Å². The van der Waals surface area contributed by atoms with E-state index in [1.54, 1.807) is 11.3 Å². The van der Waals surface area contributed by atoms with E-state index < -0.39 is 0 Å². The Hall–Kier alpha value is -0.390. The molecule has 21 heavy (non-hydrogen) atoms. The molecule has 0 saturated carbocycles. The lowest BCUT2D eigenvalue weighted by atomic mass is 10.0. The third-order valence-corrected chi connectivity index (χ3v) is 5.49. The zero-order valence-corrected chi connectivity index (χ0v) is 15.4. The molecule has 0 saturated heterocycles. The molecule has 0 amide bonds. The molecule has 0 aliphatic rings. The van der Waals surface area contributed by atoms with Crippen molar-refractivity contribution >= 4 is 38.9 Å². The van der Waals surface area contributed by atoms with Crippen molar-refractivity contribution in [1.82, 2.24) is 4.90 Å². The molecular weight excluding hydrogens is 368 g/mol. The second kappa shape index (κ2) is 7.75. The number of likely N-dealkylation sites (N-methyl/N-ethyl adjacent to an activating group) is 1. The summed E-state index contributed by atoms with van der Waals surface area (Å²) in [5, 5.41) is 0.774. The van der Waals surface area contributed by atoms with Gasteiger partial charge in [0.1, 0.15) is 0 Å². The van der Waals surface area contributed by atoms with Gasteiger partial charge in [-0.15, -0.1) is 11.3 Å². The zero-order chi connectivity index (χ0) is 15.4. The molecule has 1 aromatic heterocycles. The highest BCUT2D eigenvalue weighted by Gasteiger charge is 2.24. The van der Waals surface area contributed by atoms with Crippen LogP contribution < -0.4 is 5.73 Å². The molecule has 2 rings (SSSR count). The summed E-state index contributed by atoms with van der Waals surface area (Å²) >= 11 is 11.4. The molecule has 2 nitrogen and oxygen atoms in total. The fourth-order valence-electron chi connectivity index (χ4n) is 2.49. The molecule has 2 atom stereocenters. The molecule has 2 unspecified atom stereocenters. The molecule has 0 aliphatic carbocycles. The van der Waals surface area contributed by atoms with Crippen LogP contribution >= 0.6 is 38.9 Å². The maximum atomic E-state index is 6.37. The lowest BCUT2D eigenvalue weighted by molar-refractivity contribution is 0.205. The summed E-state index contributed by atoms with van der Waals surface area (Å²) in [7, 11) is 2.12. The first kappa shape index (κ1) is 17.0. The minimum absolute atomic E-state index is 0.111. The van der Waals surface area contributed by atoms with Crippen LogP contribution in [0.15, 0.2) is 40.2 Å². The first-order chi connectivity index (χ1) is 10.0. The summed E-state index contributed by atoms with van der Waals surface area (Å²) in [6.45, 7) is 2.96. The standard InChI is InChI=1S/C16H20BrClN2S/c1-3-13(19)16(14-7-8-15(17)21-14)20(2)10-11-5-4-6-12(18)9-11/h4-9,13,16H,3,10,19H2,1-2H3. The summed E-state index contributed by atoms with van der Waals surface area (Å²) in [4.78, 5) is 3.60. The van der Waals surface area contributed by atoms with Crippen molar-refractivity contribution in [2.45, 2.75) is 32.0 Å². The number of nitrogens with two attached hydrogens (primary N) is 1. The Kier molecular flexibility index (Phi) is 6.26. The molecular formula is C16H20BrClN2S. The highest BCUT2D eigenvalue weighted by molar-refractivity contribution is 9.11. The van der Waals surface area contributed by atoms with Crippen LogP contribution in [-0.4, -0.2) is 18.0 Å². The second-order valence-electron chi connectivity index (χ2n) is 5.20. The SMILES string of the molecule is CCC(N)C(c1ccc(Br)s1)N(C)Cc1cccc(Cl)c1. The van der Waals surface area contributed by atoms with Crippen molar-refractivity contribution in [3.63, 3.8) is 0 Å². The van der Waals surface area contributed by atoms with Gasteiger partial charge in [-0.05, 0) is 59.2 Å². The summed E-state index contributed by atoms with van der Waals surface area (Å²) in [6.07, 6.45) is 0.945. The minimum Gasteiger partial charge on any atom is -0.326 e. The molecule has 2 aromatic rings. The van der Waals surface area contributed by atoms with Crippen molar-refractivity contribution in [2.75, 3.05) is 7.05 Å². The number of hydrogen-bond donors (Lipinski definition) is 1. The van der Waals surface area contributed by atoms with Gasteiger partial charge in [0.25, 0.3) is 0 Å². The topological polar surface area (TPSA) is 29.3 Å².